The van der Waals surface area contributed by atoms with Gasteiger partial charge in [0.05, 0.1) is 14.2 Å². The van der Waals surface area contributed by atoms with Gasteiger partial charge in [0.15, 0.2) is 0 Å². The highest BCUT2D eigenvalue weighted by Crippen LogP contribution is 2.25. The van der Waals surface area contributed by atoms with Crippen LogP contribution < -0.4 is 14.8 Å². The molecule has 0 radical (unpaired) electrons. The van der Waals surface area contributed by atoms with E-state index >= 15 is 0 Å². The van der Waals surface area contributed by atoms with Crippen LogP contribution in [0.2, 0.25) is 0 Å². The molecule has 3 nitrogen and oxygen atoms in total. The molecule has 0 heterocycles. The molecule has 0 aromatic heterocycles. The Kier molecular flexibility index (Phi) is 5.08. The third-order valence-electron chi connectivity index (χ3n) is 4.09. The smallest absolute Gasteiger partial charge is 0.122 e. The monoisotopic (exact) mass is 263 g/mol. The first-order chi connectivity index (χ1) is 9.22. The maximum atomic E-state index is 5.30. The van der Waals surface area contributed by atoms with Crippen LogP contribution in [0, 0.1) is 5.92 Å². The standard InChI is InChI=1S/C16H25NO2/c1-12-6-4-5-7-16(12)17-11-13-8-14(18-2)10-15(9-13)19-3/h8-10,12,16-17H,4-7,11H2,1-3H3/t12-,16-/m1/s1. The number of hydrogen-bond acceptors (Lipinski definition) is 3. The normalized spacial score (nSPS) is 23.1. The lowest BCUT2D eigenvalue weighted by Gasteiger charge is -2.29. The zero-order chi connectivity index (χ0) is 13.7. The Labute approximate surface area is 116 Å². The average molecular weight is 263 g/mol. The molecule has 0 aliphatic heterocycles. The van der Waals surface area contributed by atoms with Crippen molar-refractivity contribution in [1.82, 2.24) is 5.32 Å². The second-order valence-electron chi connectivity index (χ2n) is 5.47. The summed E-state index contributed by atoms with van der Waals surface area (Å²) in [5.74, 6) is 2.49. The highest BCUT2D eigenvalue weighted by Gasteiger charge is 2.20. The van der Waals surface area contributed by atoms with Crippen molar-refractivity contribution in [3.8, 4) is 11.5 Å². The fourth-order valence-corrected chi connectivity index (χ4v) is 2.84. The number of hydrogen-bond donors (Lipinski definition) is 1. The van der Waals surface area contributed by atoms with E-state index in [1.54, 1.807) is 14.2 Å². The van der Waals surface area contributed by atoms with E-state index in [1.807, 2.05) is 6.07 Å². The predicted octanol–water partition coefficient (Wildman–Crippen LogP) is 3.37. The summed E-state index contributed by atoms with van der Waals surface area (Å²) < 4.78 is 10.6. The van der Waals surface area contributed by atoms with Crippen LogP contribution in [0.25, 0.3) is 0 Å². The maximum absolute atomic E-state index is 5.30. The number of methoxy groups -OCH3 is 2. The van der Waals surface area contributed by atoms with E-state index in [-0.39, 0.29) is 0 Å². The summed E-state index contributed by atoms with van der Waals surface area (Å²) in [6.45, 7) is 3.23. The van der Waals surface area contributed by atoms with Crippen molar-refractivity contribution in [3.63, 3.8) is 0 Å². The van der Waals surface area contributed by atoms with Gasteiger partial charge in [-0.2, -0.15) is 0 Å². The Morgan fingerprint density at radius 1 is 1.05 bits per heavy atom. The average Bonchev–Trinajstić information content (AvgIpc) is 2.46. The first-order valence-electron chi connectivity index (χ1n) is 7.18. The van der Waals surface area contributed by atoms with Crippen LogP contribution in [0.4, 0.5) is 0 Å². The van der Waals surface area contributed by atoms with Crippen LogP contribution >= 0.6 is 0 Å². The van der Waals surface area contributed by atoms with Crippen molar-refractivity contribution >= 4 is 0 Å². The predicted molar refractivity (Wildman–Crippen MR) is 77.8 cm³/mol. The minimum atomic E-state index is 0.644. The zero-order valence-electron chi connectivity index (χ0n) is 12.2. The molecule has 0 spiro atoms. The van der Waals surface area contributed by atoms with Gasteiger partial charge in [-0.1, -0.05) is 19.8 Å². The second-order valence-corrected chi connectivity index (χ2v) is 5.47. The summed E-state index contributed by atoms with van der Waals surface area (Å²) in [6, 6.07) is 6.70. The molecule has 0 saturated heterocycles. The number of ether oxygens (including phenoxy) is 2. The van der Waals surface area contributed by atoms with Gasteiger partial charge in [0.25, 0.3) is 0 Å². The third kappa shape index (κ3) is 3.87. The minimum absolute atomic E-state index is 0.644. The fourth-order valence-electron chi connectivity index (χ4n) is 2.84. The van der Waals surface area contributed by atoms with Crippen molar-refractivity contribution < 1.29 is 9.47 Å². The molecule has 2 atom stereocenters. The van der Waals surface area contributed by atoms with Gasteiger partial charge in [0, 0.05) is 18.7 Å². The SMILES string of the molecule is COc1cc(CN[C@@H]2CCCC[C@H]2C)cc(OC)c1. The van der Waals surface area contributed by atoms with Gasteiger partial charge in [-0.25, -0.2) is 0 Å². The lowest BCUT2D eigenvalue weighted by atomic mass is 9.86. The van der Waals surface area contributed by atoms with E-state index in [0.29, 0.717) is 6.04 Å². The van der Waals surface area contributed by atoms with Crippen LogP contribution in [0.1, 0.15) is 38.2 Å². The topological polar surface area (TPSA) is 30.5 Å². The Morgan fingerprint density at radius 3 is 2.26 bits per heavy atom. The molecule has 1 aliphatic rings. The van der Waals surface area contributed by atoms with E-state index in [0.717, 1.165) is 24.0 Å². The van der Waals surface area contributed by atoms with Crippen LogP contribution in [0.15, 0.2) is 18.2 Å². The van der Waals surface area contributed by atoms with Gasteiger partial charge in [-0.3, -0.25) is 0 Å². The van der Waals surface area contributed by atoms with E-state index in [2.05, 4.69) is 24.4 Å². The number of nitrogens with one attached hydrogen (secondary N) is 1. The Bertz CT molecular complexity index is 383. The number of rotatable bonds is 5. The molecule has 1 saturated carbocycles. The van der Waals surface area contributed by atoms with Gasteiger partial charge in [-0.15, -0.1) is 0 Å². The van der Waals surface area contributed by atoms with Crippen molar-refractivity contribution in [1.29, 1.82) is 0 Å². The van der Waals surface area contributed by atoms with Gasteiger partial charge in [-0.05, 0) is 36.5 Å². The first kappa shape index (κ1) is 14.2. The minimum Gasteiger partial charge on any atom is -0.497 e. The fraction of sp³-hybridized carbons (Fsp3) is 0.625. The summed E-state index contributed by atoms with van der Waals surface area (Å²) >= 11 is 0. The van der Waals surface area contributed by atoms with Crippen LogP contribution in [-0.2, 0) is 6.54 Å². The molecule has 0 bridgehead atoms. The summed E-state index contributed by atoms with van der Waals surface area (Å²) in [6.07, 6.45) is 5.37. The van der Waals surface area contributed by atoms with Crippen molar-refractivity contribution in [2.24, 2.45) is 5.92 Å². The van der Waals surface area contributed by atoms with Crippen LogP contribution in [0.5, 0.6) is 11.5 Å². The zero-order valence-corrected chi connectivity index (χ0v) is 12.2. The van der Waals surface area contributed by atoms with Crippen molar-refractivity contribution in [2.45, 2.75) is 45.2 Å². The molecule has 1 fully saturated rings. The maximum Gasteiger partial charge on any atom is 0.122 e. The molecule has 0 amide bonds. The van der Waals surface area contributed by atoms with Gasteiger partial charge < -0.3 is 14.8 Å². The van der Waals surface area contributed by atoms with Crippen molar-refractivity contribution in [3.05, 3.63) is 23.8 Å². The lowest BCUT2D eigenvalue weighted by molar-refractivity contribution is 0.279. The van der Waals surface area contributed by atoms with Crippen LogP contribution in [-0.4, -0.2) is 20.3 Å². The molecule has 2 rings (SSSR count). The highest BCUT2D eigenvalue weighted by atomic mass is 16.5. The summed E-state index contributed by atoms with van der Waals surface area (Å²) in [5, 5.41) is 3.68. The highest BCUT2D eigenvalue weighted by molar-refractivity contribution is 5.38. The molecule has 1 aromatic carbocycles. The first-order valence-corrected chi connectivity index (χ1v) is 7.18. The van der Waals surface area contributed by atoms with E-state index in [9.17, 15) is 0 Å². The third-order valence-corrected chi connectivity index (χ3v) is 4.09. The van der Waals surface area contributed by atoms with E-state index < -0.39 is 0 Å². The molecular formula is C16H25NO2. The quantitative estimate of drug-likeness (QED) is 0.883. The molecule has 19 heavy (non-hydrogen) atoms. The molecular weight excluding hydrogens is 238 g/mol. The van der Waals surface area contributed by atoms with Gasteiger partial charge >= 0.3 is 0 Å². The molecule has 3 heteroatoms. The van der Waals surface area contributed by atoms with E-state index in [4.69, 9.17) is 9.47 Å². The summed E-state index contributed by atoms with van der Waals surface area (Å²) in [7, 11) is 3.38. The van der Waals surface area contributed by atoms with Crippen LogP contribution in [0.3, 0.4) is 0 Å². The molecule has 1 aliphatic carbocycles. The summed E-state index contributed by atoms with van der Waals surface area (Å²) in [5.41, 5.74) is 1.22. The van der Waals surface area contributed by atoms with E-state index in [1.165, 1.54) is 31.2 Å². The lowest BCUT2D eigenvalue weighted by Crippen LogP contribution is -2.36. The Hall–Kier alpha value is -1.22. The molecule has 1 N–H and O–H groups in total. The van der Waals surface area contributed by atoms with Gasteiger partial charge in [0.2, 0.25) is 0 Å². The Balaban J connectivity index is 1.98. The largest absolute Gasteiger partial charge is 0.497 e. The number of benzene rings is 1. The molecule has 0 unspecified atom stereocenters. The molecule has 106 valence electrons. The van der Waals surface area contributed by atoms with Crippen molar-refractivity contribution in [2.75, 3.05) is 14.2 Å². The Morgan fingerprint density at radius 2 is 1.68 bits per heavy atom. The summed E-state index contributed by atoms with van der Waals surface area (Å²) in [4.78, 5) is 0. The second kappa shape index (κ2) is 6.80. The molecule has 1 aromatic rings. The van der Waals surface area contributed by atoms with Gasteiger partial charge in [0.1, 0.15) is 11.5 Å².